The smallest absolute Gasteiger partial charge is 0.316 e. The van der Waals surface area contributed by atoms with Gasteiger partial charge in [-0.2, -0.15) is 0 Å². The van der Waals surface area contributed by atoms with E-state index in [1.54, 1.807) is 13.2 Å². The maximum atomic E-state index is 13.1. The van der Waals surface area contributed by atoms with Gasteiger partial charge in [0, 0.05) is 6.54 Å². The van der Waals surface area contributed by atoms with Crippen molar-refractivity contribution in [3.05, 3.63) is 64.2 Å². The van der Waals surface area contributed by atoms with Crippen LogP contribution in [0.3, 0.4) is 0 Å². The molecule has 2 aromatic carbocycles. The Hall–Kier alpha value is -2.41. The number of hydrogen-bond donors (Lipinski definition) is 2. The minimum atomic E-state index is -0.840. The number of esters is 1. The Kier molecular flexibility index (Phi) is 10.5. The first kappa shape index (κ1) is 27.8. The highest BCUT2D eigenvalue weighted by atomic mass is 16.5. The van der Waals surface area contributed by atoms with E-state index in [-0.39, 0.29) is 25.3 Å². The Morgan fingerprint density at radius 1 is 1.06 bits per heavy atom. The number of rotatable bonds is 13. The second-order valence-corrected chi connectivity index (χ2v) is 9.55. The molecule has 0 bridgehead atoms. The van der Waals surface area contributed by atoms with Gasteiger partial charge in [-0.15, -0.1) is 0 Å². The third-order valence-electron chi connectivity index (χ3n) is 6.45. The van der Waals surface area contributed by atoms with Crippen LogP contribution in [-0.4, -0.2) is 54.4 Å². The number of nitrogens with zero attached hydrogens (tertiary/aromatic N) is 1. The third-order valence-corrected chi connectivity index (χ3v) is 6.45. The molecule has 188 valence electrons. The topological polar surface area (TPSA) is 79.2 Å². The van der Waals surface area contributed by atoms with Crippen LogP contribution in [0.4, 0.5) is 0 Å². The molecule has 0 aromatic heterocycles. The van der Waals surface area contributed by atoms with Gasteiger partial charge < -0.3 is 24.6 Å². The predicted molar refractivity (Wildman–Crippen MR) is 135 cm³/mol. The summed E-state index contributed by atoms with van der Waals surface area (Å²) in [6.45, 7) is 9.05. The van der Waals surface area contributed by atoms with Crippen LogP contribution < -0.4 is 4.74 Å². The maximum Gasteiger partial charge on any atom is 0.316 e. The summed E-state index contributed by atoms with van der Waals surface area (Å²) >= 11 is 0. The van der Waals surface area contributed by atoms with Crippen molar-refractivity contribution in [3.63, 3.8) is 0 Å². The quantitative estimate of drug-likeness (QED) is 0.427. The van der Waals surface area contributed by atoms with E-state index in [9.17, 15) is 15.0 Å². The second kappa shape index (κ2) is 12.9. The first-order chi connectivity index (χ1) is 16.1. The summed E-state index contributed by atoms with van der Waals surface area (Å²) in [6, 6.07) is 11.8. The van der Waals surface area contributed by atoms with E-state index >= 15 is 0 Å². The monoisotopic (exact) mass is 471 g/mol. The number of ether oxygens (including phenoxy) is 2. The van der Waals surface area contributed by atoms with Crippen molar-refractivity contribution >= 4 is 5.97 Å². The molecule has 6 heteroatoms. The van der Waals surface area contributed by atoms with Crippen LogP contribution in [0, 0.1) is 6.92 Å². The Labute approximate surface area is 204 Å². The molecule has 0 aliphatic rings. The van der Waals surface area contributed by atoms with Gasteiger partial charge in [-0.05, 0) is 94.4 Å². The normalized spacial score (nSPS) is 13.2. The Morgan fingerprint density at radius 3 is 2.38 bits per heavy atom. The molecule has 1 unspecified atom stereocenters. The zero-order chi connectivity index (χ0) is 25.3. The molecule has 0 aliphatic carbocycles. The van der Waals surface area contributed by atoms with Crippen LogP contribution in [-0.2, 0) is 34.6 Å². The minimum Gasteiger partial charge on any atom is -0.496 e. The molecule has 2 N–H and O–H groups in total. The van der Waals surface area contributed by atoms with E-state index in [0.717, 1.165) is 42.8 Å². The number of carbonyl (C=O) groups is 1. The summed E-state index contributed by atoms with van der Waals surface area (Å²) < 4.78 is 11.0. The fourth-order valence-corrected chi connectivity index (χ4v) is 4.13. The van der Waals surface area contributed by atoms with Crippen molar-refractivity contribution < 1.29 is 24.5 Å². The number of aliphatic hydroxyl groups is 2. The first-order valence-corrected chi connectivity index (χ1v) is 12.0. The largest absolute Gasteiger partial charge is 0.496 e. The van der Waals surface area contributed by atoms with Gasteiger partial charge in [0.25, 0.3) is 0 Å². The molecule has 0 heterocycles. The van der Waals surface area contributed by atoms with E-state index in [1.165, 1.54) is 5.56 Å². The molecule has 34 heavy (non-hydrogen) atoms. The molecule has 0 spiro atoms. The highest BCUT2D eigenvalue weighted by molar-refractivity contribution is 5.83. The van der Waals surface area contributed by atoms with Crippen molar-refractivity contribution in [2.24, 2.45) is 0 Å². The van der Waals surface area contributed by atoms with Gasteiger partial charge in [-0.3, -0.25) is 4.79 Å². The number of hydrogen-bond acceptors (Lipinski definition) is 6. The molecule has 6 nitrogen and oxygen atoms in total. The Balaban J connectivity index is 2.07. The average molecular weight is 472 g/mol. The fraction of sp³-hybridized carbons (Fsp3) is 0.536. The van der Waals surface area contributed by atoms with E-state index in [0.29, 0.717) is 17.5 Å². The van der Waals surface area contributed by atoms with Crippen molar-refractivity contribution in [3.8, 4) is 5.75 Å². The first-order valence-electron chi connectivity index (χ1n) is 12.0. The lowest BCUT2D eigenvalue weighted by molar-refractivity contribution is -0.154. The average Bonchev–Trinajstić information content (AvgIpc) is 2.82. The van der Waals surface area contributed by atoms with Crippen LogP contribution in [0.2, 0.25) is 0 Å². The summed E-state index contributed by atoms with van der Waals surface area (Å²) in [5.41, 5.74) is 3.62. The summed E-state index contributed by atoms with van der Waals surface area (Å²) in [7, 11) is 3.79. The van der Waals surface area contributed by atoms with Gasteiger partial charge in [-0.25, -0.2) is 0 Å². The molecule has 2 aromatic rings. The number of aryl methyl sites for hydroxylation is 1. The van der Waals surface area contributed by atoms with Crippen LogP contribution in [0.5, 0.6) is 5.75 Å². The van der Waals surface area contributed by atoms with E-state index in [1.807, 2.05) is 39.8 Å². The molecule has 2 rings (SSSR count). The van der Waals surface area contributed by atoms with Gasteiger partial charge >= 0.3 is 5.97 Å². The summed E-state index contributed by atoms with van der Waals surface area (Å²) in [5.74, 6) is 0.645. The number of methoxy groups -OCH3 is 1. The number of benzene rings is 2. The van der Waals surface area contributed by atoms with Crippen molar-refractivity contribution in [1.29, 1.82) is 0 Å². The van der Waals surface area contributed by atoms with Gasteiger partial charge in [-0.1, -0.05) is 30.3 Å². The van der Waals surface area contributed by atoms with E-state index in [2.05, 4.69) is 30.1 Å². The molecular weight excluding hydrogens is 430 g/mol. The Morgan fingerprint density at radius 2 is 1.76 bits per heavy atom. The van der Waals surface area contributed by atoms with Gasteiger partial charge in [0.05, 0.1) is 31.8 Å². The van der Waals surface area contributed by atoms with E-state index < -0.39 is 5.41 Å². The molecule has 0 aliphatic heterocycles. The van der Waals surface area contributed by atoms with Crippen LogP contribution in [0.1, 0.15) is 61.4 Å². The van der Waals surface area contributed by atoms with Gasteiger partial charge in [0.1, 0.15) is 5.75 Å². The lowest BCUT2D eigenvalue weighted by Gasteiger charge is -2.30. The zero-order valence-corrected chi connectivity index (χ0v) is 21.6. The third kappa shape index (κ3) is 7.29. The van der Waals surface area contributed by atoms with Crippen molar-refractivity contribution in [1.82, 2.24) is 4.90 Å². The molecule has 0 radical (unpaired) electrons. The predicted octanol–water partition coefficient (Wildman–Crippen LogP) is 4.15. The van der Waals surface area contributed by atoms with Crippen LogP contribution in [0.25, 0.3) is 0 Å². The zero-order valence-electron chi connectivity index (χ0n) is 21.6. The van der Waals surface area contributed by atoms with E-state index in [4.69, 9.17) is 9.47 Å². The Bertz CT molecular complexity index is 942. The summed E-state index contributed by atoms with van der Waals surface area (Å²) in [6.07, 6.45) is 2.13. The molecular formula is C28H41NO5. The van der Waals surface area contributed by atoms with Crippen molar-refractivity contribution in [2.45, 2.75) is 71.7 Å². The van der Waals surface area contributed by atoms with Crippen molar-refractivity contribution in [2.75, 3.05) is 27.2 Å². The highest BCUT2D eigenvalue weighted by Crippen LogP contribution is 2.33. The molecule has 0 fully saturated rings. The summed E-state index contributed by atoms with van der Waals surface area (Å²) in [4.78, 5) is 15.4. The SMILES string of the molecule is COc1cc(CCN(C)CCCC(C)(C(=O)OC(C)C)c2ccc(CO)c(CO)c2)ccc1C. The minimum absolute atomic E-state index is 0.152. The molecule has 1 atom stereocenters. The van der Waals surface area contributed by atoms with Gasteiger partial charge in [0.2, 0.25) is 0 Å². The van der Waals surface area contributed by atoms with Crippen LogP contribution >= 0.6 is 0 Å². The molecule has 0 amide bonds. The van der Waals surface area contributed by atoms with Crippen LogP contribution in [0.15, 0.2) is 36.4 Å². The summed E-state index contributed by atoms with van der Waals surface area (Å²) in [5, 5.41) is 19.3. The number of carbonyl (C=O) groups excluding carboxylic acids is 1. The maximum absolute atomic E-state index is 13.1. The number of aliphatic hydroxyl groups excluding tert-OH is 2. The van der Waals surface area contributed by atoms with Gasteiger partial charge in [0.15, 0.2) is 0 Å². The lowest BCUT2D eigenvalue weighted by atomic mass is 9.77. The highest BCUT2D eigenvalue weighted by Gasteiger charge is 2.37. The molecule has 0 saturated carbocycles. The standard InChI is InChI=1S/C28H41NO5/c1-20(2)34-27(32)28(4,25-11-10-23(18-30)24(17-25)19-31)13-7-14-29(5)15-12-22-9-8-21(3)26(16-22)33-6/h8-11,16-17,20,30-31H,7,12-15,18-19H2,1-6H3. The second-order valence-electron chi connectivity index (χ2n) is 9.55. The fourth-order valence-electron chi connectivity index (χ4n) is 4.13. The lowest BCUT2D eigenvalue weighted by Crippen LogP contribution is -2.37. The number of likely N-dealkylation sites (N-methyl/N-ethyl adjacent to an activating group) is 1. The molecule has 0 saturated heterocycles.